The van der Waals surface area contributed by atoms with Gasteiger partial charge in [-0.15, -0.1) is 11.8 Å². The van der Waals surface area contributed by atoms with E-state index in [0.29, 0.717) is 30.3 Å². The van der Waals surface area contributed by atoms with Gasteiger partial charge in [0.05, 0.1) is 11.4 Å². The monoisotopic (exact) mass is 232 g/mol. The molecule has 1 amide bonds. The van der Waals surface area contributed by atoms with Crippen molar-refractivity contribution in [2.45, 2.75) is 32.1 Å². The maximum Gasteiger partial charge on any atom is 0.273 e. The van der Waals surface area contributed by atoms with E-state index in [4.69, 9.17) is 5.73 Å². The second-order valence-electron chi connectivity index (χ2n) is 4.11. The number of nitrogens with two attached hydrogens (primary N) is 1. The number of aromatic nitrogens is 2. The van der Waals surface area contributed by atoms with Crippen LogP contribution in [0.3, 0.4) is 0 Å². The number of aromatic amines is 1. The molecule has 5 heteroatoms. The number of nitrogens with zero attached hydrogens (tertiary/aromatic N) is 1. The first-order valence-corrected chi connectivity index (χ1v) is 5.75. The van der Waals surface area contributed by atoms with Crippen molar-refractivity contribution < 1.29 is 4.79 Å². The van der Waals surface area contributed by atoms with Crippen LogP contribution in [0.5, 0.6) is 0 Å². The predicted molar refractivity (Wildman–Crippen MR) is 65.4 cm³/mol. The van der Waals surface area contributed by atoms with Gasteiger partial charge in [0.25, 0.3) is 5.91 Å². The highest BCUT2D eigenvalue weighted by Gasteiger charge is 2.30. The van der Waals surface area contributed by atoms with Gasteiger partial charge in [0.1, 0.15) is 0 Å². The number of rotatable bonds is 4. The smallest absolute Gasteiger partial charge is 0.273 e. The third kappa shape index (κ3) is 2.59. The summed E-state index contributed by atoms with van der Waals surface area (Å²) in [5.74, 6) is 5.89. The first-order chi connectivity index (χ1) is 8.24. The summed E-state index contributed by atoms with van der Waals surface area (Å²) in [6, 6.07) is 0. The van der Waals surface area contributed by atoms with E-state index in [9.17, 15) is 4.79 Å². The van der Waals surface area contributed by atoms with E-state index in [2.05, 4.69) is 27.4 Å². The third-order valence-electron chi connectivity index (χ3n) is 2.75. The molecule has 17 heavy (non-hydrogen) atoms. The lowest BCUT2D eigenvalue weighted by atomic mass is 10.2. The molecule has 90 valence electrons. The summed E-state index contributed by atoms with van der Waals surface area (Å²) < 4.78 is 0. The molecule has 1 aromatic rings. The van der Waals surface area contributed by atoms with E-state index in [0.717, 1.165) is 18.5 Å². The molecule has 0 atom stereocenters. The van der Waals surface area contributed by atoms with Crippen molar-refractivity contribution in [3.63, 3.8) is 0 Å². The Labute approximate surface area is 100 Å². The molecule has 5 nitrogen and oxygen atoms in total. The highest BCUT2D eigenvalue weighted by Crippen LogP contribution is 2.42. The highest BCUT2D eigenvalue weighted by molar-refractivity contribution is 5.97. The van der Waals surface area contributed by atoms with Gasteiger partial charge >= 0.3 is 0 Å². The summed E-state index contributed by atoms with van der Waals surface area (Å²) in [5.41, 5.74) is 7.59. The zero-order valence-corrected chi connectivity index (χ0v) is 9.84. The summed E-state index contributed by atoms with van der Waals surface area (Å²) in [7, 11) is 0. The minimum absolute atomic E-state index is 0.233. The minimum Gasteiger partial charge on any atom is -0.395 e. The highest BCUT2D eigenvalue weighted by atomic mass is 16.1. The van der Waals surface area contributed by atoms with Crippen molar-refractivity contribution in [3.8, 4) is 11.8 Å². The van der Waals surface area contributed by atoms with Crippen LogP contribution in [-0.2, 0) is 0 Å². The first-order valence-electron chi connectivity index (χ1n) is 5.75. The second-order valence-corrected chi connectivity index (χ2v) is 4.11. The maximum absolute atomic E-state index is 11.8. The fraction of sp³-hybridized carbons (Fsp3) is 0.500. The topological polar surface area (TPSA) is 83.8 Å². The Morgan fingerprint density at radius 2 is 2.41 bits per heavy atom. The molecule has 0 bridgehead atoms. The van der Waals surface area contributed by atoms with Crippen LogP contribution in [0, 0.1) is 11.8 Å². The van der Waals surface area contributed by atoms with Gasteiger partial charge < -0.3 is 11.1 Å². The fourth-order valence-corrected chi connectivity index (χ4v) is 1.67. The second kappa shape index (κ2) is 4.91. The number of H-pyrrole nitrogens is 1. The lowest BCUT2D eigenvalue weighted by Gasteiger charge is -2.01. The van der Waals surface area contributed by atoms with Crippen LogP contribution in [0.1, 0.15) is 48.3 Å². The normalized spacial score (nSPS) is 13.9. The lowest BCUT2D eigenvalue weighted by Crippen LogP contribution is -2.25. The summed E-state index contributed by atoms with van der Waals surface area (Å²) in [6.07, 6.45) is 2.89. The zero-order valence-electron chi connectivity index (χ0n) is 9.84. The molecule has 4 N–H and O–H groups in total. The molecule has 2 rings (SSSR count). The van der Waals surface area contributed by atoms with Crippen molar-refractivity contribution in [2.75, 3.05) is 12.3 Å². The van der Waals surface area contributed by atoms with Crippen LogP contribution in [0.15, 0.2) is 0 Å². The number of amides is 1. The van der Waals surface area contributed by atoms with Crippen molar-refractivity contribution in [1.82, 2.24) is 15.5 Å². The molecule has 1 saturated carbocycles. The molecule has 0 unspecified atom stereocenters. The molecule has 0 radical (unpaired) electrons. The Hall–Kier alpha value is -1.96. The van der Waals surface area contributed by atoms with E-state index in [1.54, 1.807) is 6.92 Å². The number of nitrogen functional groups attached to an aromatic ring is 1. The van der Waals surface area contributed by atoms with E-state index in [1.165, 1.54) is 0 Å². The zero-order chi connectivity index (χ0) is 12.3. The van der Waals surface area contributed by atoms with Gasteiger partial charge in [0, 0.05) is 18.9 Å². The van der Waals surface area contributed by atoms with Crippen LogP contribution in [0.4, 0.5) is 5.69 Å². The van der Waals surface area contributed by atoms with Crippen LogP contribution < -0.4 is 11.1 Å². The van der Waals surface area contributed by atoms with E-state index >= 15 is 0 Å². The molecule has 1 heterocycles. The summed E-state index contributed by atoms with van der Waals surface area (Å²) >= 11 is 0. The van der Waals surface area contributed by atoms with E-state index < -0.39 is 0 Å². The van der Waals surface area contributed by atoms with Gasteiger partial charge in [-0.1, -0.05) is 0 Å². The van der Waals surface area contributed by atoms with Crippen LogP contribution in [0.2, 0.25) is 0 Å². The first kappa shape index (κ1) is 11.5. The summed E-state index contributed by atoms with van der Waals surface area (Å²) in [5, 5.41) is 9.58. The van der Waals surface area contributed by atoms with Crippen LogP contribution >= 0.6 is 0 Å². The molecule has 1 aliphatic rings. The summed E-state index contributed by atoms with van der Waals surface area (Å²) in [6.45, 7) is 2.29. The van der Waals surface area contributed by atoms with E-state index in [-0.39, 0.29) is 5.91 Å². The van der Waals surface area contributed by atoms with Gasteiger partial charge in [-0.05, 0) is 19.8 Å². The molecule has 0 saturated heterocycles. The molecule has 1 aromatic heterocycles. The molecule has 0 aromatic carbocycles. The number of carbonyl (C=O) groups is 1. The van der Waals surface area contributed by atoms with Crippen LogP contribution in [-0.4, -0.2) is 22.6 Å². The Morgan fingerprint density at radius 3 is 3.06 bits per heavy atom. The Bertz CT molecular complexity index is 476. The van der Waals surface area contributed by atoms with Crippen molar-refractivity contribution >= 4 is 11.6 Å². The van der Waals surface area contributed by atoms with Gasteiger partial charge in [0.2, 0.25) is 0 Å². The SMILES string of the molecule is CC#CCCNC(=O)c1n[nH]c(C2CC2)c1N. The lowest BCUT2D eigenvalue weighted by molar-refractivity contribution is 0.0950. The Kier molecular flexibility index (Phi) is 3.33. The molecular formula is C12H16N4O. The van der Waals surface area contributed by atoms with Gasteiger partial charge in [0.15, 0.2) is 5.69 Å². The maximum atomic E-state index is 11.8. The number of hydrogen-bond acceptors (Lipinski definition) is 3. The molecular weight excluding hydrogens is 216 g/mol. The molecule has 1 aliphatic carbocycles. The Balaban J connectivity index is 1.95. The predicted octanol–water partition coefficient (Wildman–Crippen LogP) is 1.01. The fourth-order valence-electron chi connectivity index (χ4n) is 1.67. The van der Waals surface area contributed by atoms with Crippen molar-refractivity contribution in [1.29, 1.82) is 0 Å². The average Bonchev–Trinajstić information content (AvgIpc) is 3.08. The number of nitrogens with one attached hydrogen (secondary N) is 2. The van der Waals surface area contributed by atoms with Crippen molar-refractivity contribution in [2.24, 2.45) is 0 Å². The molecule has 0 aliphatic heterocycles. The third-order valence-corrected chi connectivity index (χ3v) is 2.75. The van der Waals surface area contributed by atoms with E-state index in [1.807, 2.05) is 0 Å². The van der Waals surface area contributed by atoms with Gasteiger partial charge in [-0.2, -0.15) is 5.10 Å². The van der Waals surface area contributed by atoms with Crippen molar-refractivity contribution in [3.05, 3.63) is 11.4 Å². The standard InChI is InChI=1S/C12H16N4O/c1-2-3-4-7-14-12(17)11-9(13)10(15-16-11)8-5-6-8/h8H,4-7,13H2,1H3,(H,14,17)(H,15,16). The number of carbonyl (C=O) groups excluding carboxylic acids is 1. The largest absolute Gasteiger partial charge is 0.395 e. The van der Waals surface area contributed by atoms with Crippen LogP contribution in [0.25, 0.3) is 0 Å². The number of anilines is 1. The van der Waals surface area contributed by atoms with Gasteiger partial charge in [-0.3, -0.25) is 9.89 Å². The number of hydrogen-bond donors (Lipinski definition) is 3. The average molecular weight is 232 g/mol. The quantitative estimate of drug-likeness (QED) is 0.535. The Morgan fingerprint density at radius 1 is 1.65 bits per heavy atom. The minimum atomic E-state index is -0.233. The van der Waals surface area contributed by atoms with Gasteiger partial charge in [-0.25, -0.2) is 0 Å². The molecule has 0 spiro atoms. The molecule has 1 fully saturated rings. The summed E-state index contributed by atoms with van der Waals surface area (Å²) in [4.78, 5) is 11.8.